The smallest absolute Gasteiger partial charge is 0.153 e. The van der Waals surface area contributed by atoms with E-state index in [4.69, 9.17) is 0 Å². The lowest BCUT2D eigenvalue weighted by Gasteiger charge is -2.27. The van der Waals surface area contributed by atoms with Crippen LogP contribution in [-0.4, -0.2) is 57.0 Å². The SMILES string of the molecule is C=C(C)CN(CC)CCC1CS(=O)(=O)CCN1. The number of nitrogens with zero attached hydrogens (tertiary/aromatic N) is 1. The second-order valence-corrected chi connectivity index (χ2v) is 7.11. The molecular formula is C12H24N2O2S. The molecule has 1 aliphatic heterocycles. The number of likely N-dealkylation sites (N-methyl/N-ethyl adjacent to an activating group) is 1. The van der Waals surface area contributed by atoms with E-state index in [2.05, 4.69) is 23.7 Å². The molecule has 0 saturated carbocycles. The topological polar surface area (TPSA) is 49.4 Å². The van der Waals surface area contributed by atoms with E-state index in [9.17, 15) is 8.42 Å². The van der Waals surface area contributed by atoms with E-state index in [0.29, 0.717) is 6.54 Å². The van der Waals surface area contributed by atoms with Gasteiger partial charge in [0, 0.05) is 19.1 Å². The fraction of sp³-hybridized carbons (Fsp3) is 0.833. The fourth-order valence-corrected chi connectivity index (χ4v) is 3.61. The maximum Gasteiger partial charge on any atom is 0.153 e. The van der Waals surface area contributed by atoms with Crippen LogP contribution in [0.2, 0.25) is 0 Å². The van der Waals surface area contributed by atoms with Crippen molar-refractivity contribution in [3.05, 3.63) is 12.2 Å². The molecule has 0 bridgehead atoms. The molecule has 0 radical (unpaired) electrons. The van der Waals surface area contributed by atoms with Crippen molar-refractivity contribution in [1.82, 2.24) is 10.2 Å². The van der Waals surface area contributed by atoms with Crippen LogP contribution in [0.25, 0.3) is 0 Å². The molecule has 0 amide bonds. The molecule has 0 spiro atoms. The standard InChI is InChI=1S/C12H24N2O2S/c1-4-14(9-11(2)3)7-5-12-10-17(15,16)8-6-13-12/h12-13H,2,4-10H2,1,3H3. The second-order valence-electron chi connectivity index (χ2n) is 4.88. The lowest BCUT2D eigenvalue weighted by Crippen LogP contribution is -2.46. The average molecular weight is 260 g/mol. The minimum atomic E-state index is -2.81. The van der Waals surface area contributed by atoms with Crippen LogP contribution in [0.4, 0.5) is 0 Å². The van der Waals surface area contributed by atoms with E-state index >= 15 is 0 Å². The number of rotatable bonds is 6. The predicted molar refractivity (Wildman–Crippen MR) is 72.0 cm³/mol. The summed E-state index contributed by atoms with van der Waals surface area (Å²) in [5.74, 6) is 0.574. The number of hydrogen-bond acceptors (Lipinski definition) is 4. The van der Waals surface area contributed by atoms with Gasteiger partial charge in [-0.1, -0.05) is 19.1 Å². The van der Waals surface area contributed by atoms with Crippen molar-refractivity contribution >= 4 is 9.84 Å². The maximum atomic E-state index is 11.5. The van der Waals surface area contributed by atoms with E-state index < -0.39 is 9.84 Å². The summed E-state index contributed by atoms with van der Waals surface area (Å²) in [5, 5.41) is 3.28. The van der Waals surface area contributed by atoms with Gasteiger partial charge in [-0.15, -0.1) is 0 Å². The molecule has 0 aromatic heterocycles. The van der Waals surface area contributed by atoms with Crippen LogP contribution in [0.15, 0.2) is 12.2 Å². The van der Waals surface area contributed by atoms with Crippen LogP contribution < -0.4 is 5.32 Å². The third kappa shape index (κ3) is 5.66. The summed E-state index contributed by atoms with van der Waals surface area (Å²) in [6.45, 7) is 11.4. The minimum absolute atomic E-state index is 0.118. The first kappa shape index (κ1) is 14.7. The Morgan fingerprint density at radius 2 is 2.24 bits per heavy atom. The summed E-state index contributed by atoms with van der Waals surface area (Å²) in [6.07, 6.45) is 0.889. The molecule has 1 rings (SSSR count). The van der Waals surface area contributed by atoms with Crippen molar-refractivity contribution < 1.29 is 8.42 Å². The van der Waals surface area contributed by atoms with Gasteiger partial charge in [-0.25, -0.2) is 8.42 Å². The van der Waals surface area contributed by atoms with Crippen molar-refractivity contribution in [3.63, 3.8) is 0 Å². The number of nitrogens with one attached hydrogen (secondary N) is 1. The van der Waals surface area contributed by atoms with Gasteiger partial charge in [0.05, 0.1) is 11.5 Å². The number of sulfone groups is 1. The van der Waals surface area contributed by atoms with Crippen LogP contribution in [0.3, 0.4) is 0 Å². The van der Waals surface area contributed by atoms with E-state index in [1.807, 2.05) is 6.92 Å². The second kappa shape index (κ2) is 6.52. The van der Waals surface area contributed by atoms with Gasteiger partial charge in [-0.2, -0.15) is 0 Å². The molecular weight excluding hydrogens is 236 g/mol. The van der Waals surface area contributed by atoms with Crippen LogP contribution in [0, 0.1) is 0 Å². The molecule has 0 aromatic carbocycles. The first-order valence-corrected chi connectivity index (χ1v) is 8.05. The molecule has 1 saturated heterocycles. The largest absolute Gasteiger partial charge is 0.312 e. The van der Waals surface area contributed by atoms with Crippen molar-refractivity contribution in [2.24, 2.45) is 0 Å². The molecule has 1 aliphatic rings. The lowest BCUT2D eigenvalue weighted by molar-refractivity contribution is 0.292. The lowest BCUT2D eigenvalue weighted by atomic mass is 10.2. The zero-order valence-electron chi connectivity index (χ0n) is 10.9. The highest BCUT2D eigenvalue weighted by Gasteiger charge is 2.24. The van der Waals surface area contributed by atoms with E-state index in [0.717, 1.165) is 31.6 Å². The molecule has 1 atom stereocenters. The molecule has 4 nitrogen and oxygen atoms in total. The summed E-state index contributed by atoms with van der Waals surface area (Å²) >= 11 is 0. The third-order valence-electron chi connectivity index (χ3n) is 3.04. The Bertz CT molecular complexity index is 352. The summed E-state index contributed by atoms with van der Waals surface area (Å²) < 4.78 is 23.0. The molecule has 1 heterocycles. The highest BCUT2D eigenvalue weighted by molar-refractivity contribution is 7.91. The molecule has 0 aliphatic carbocycles. The van der Waals surface area contributed by atoms with E-state index in [-0.39, 0.29) is 17.5 Å². The Kier molecular flexibility index (Phi) is 5.62. The van der Waals surface area contributed by atoms with Gasteiger partial charge < -0.3 is 5.32 Å². The highest BCUT2D eigenvalue weighted by atomic mass is 32.2. The van der Waals surface area contributed by atoms with Crippen molar-refractivity contribution in [2.75, 3.05) is 37.7 Å². The summed E-state index contributed by atoms with van der Waals surface area (Å²) in [6, 6.07) is 0.118. The fourth-order valence-electron chi connectivity index (χ4n) is 2.12. The Labute approximate surface area is 105 Å². The first-order valence-electron chi connectivity index (χ1n) is 6.23. The van der Waals surface area contributed by atoms with Crippen LogP contribution in [0.1, 0.15) is 20.3 Å². The molecule has 1 N–H and O–H groups in total. The first-order chi connectivity index (χ1) is 7.93. The van der Waals surface area contributed by atoms with Gasteiger partial charge in [0.2, 0.25) is 0 Å². The Morgan fingerprint density at radius 3 is 2.76 bits per heavy atom. The van der Waals surface area contributed by atoms with Gasteiger partial charge in [-0.3, -0.25) is 4.90 Å². The average Bonchev–Trinajstić information content (AvgIpc) is 2.22. The molecule has 0 aromatic rings. The van der Waals surface area contributed by atoms with Crippen LogP contribution in [-0.2, 0) is 9.84 Å². The Hall–Kier alpha value is -0.390. The molecule has 1 fully saturated rings. The summed E-state index contributed by atoms with van der Waals surface area (Å²) in [7, 11) is -2.81. The molecule has 17 heavy (non-hydrogen) atoms. The summed E-state index contributed by atoms with van der Waals surface area (Å²) in [4.78, 5) is 2.30. The quantitative estimate of drug-likeness (QED) is 0.713. The number of hydrogen-bond donors (Lipinski definition) is 1. The van der Waals surface area contributed by atoms with Gasteiger partial charge in [0.1, 0.15) is 0 Å². The van der Waals surface area contributed by atoms with E-state index in [1.165, 1.54) is 0 Å². The van der Waals surface area contributed by atoms with Crippen LogP contribution >= 0.6 is 0 Å². The Morgan fingerprint density at radius 1 is 1.53 bits per heavy atom. The third-order valence-corrected chi connectivity index (χ3v) is 4.77. The van der Waals surface area contributed by atoms with Crippen LogP contribution in [0.5, 0.6) is 0 Å². The predicted octanol–water partition coefficient (Wildman–Crippen LogP) is 0.661. The summed E-state index contributed by atoms with van der Waals surface area (Å²) in [5.41, 5.74) is 1.15. The molecule has 1 unspecified atom stereocenters. The van der Waals surface area contributed by atoms with Gasteiger partial charge >= 0.3 is 0 Å². The Balaban J connectivity index is 2.36. The molecule has 5 heteroatoms. The van der Waals surface area contributed by atoms with Crippen molar-refractivity contribution in [1.29, 1.82) is 0 Å². The van der Waals surface area contributed by atoms with E-state index in [1.54, 1.807) is 0 Å². The maximum absolute atomic E-state index is 11.5. The van der Waals surface area contributed by atoms with Crippen molar-refractivity contribution in [2.45, 2.75) is 26.3 Å². The van der Waals surface area contributed by atoms with Crippen molar-refractivity contribution in [3.8, 4) is 0 Å². The normalized spacial score (nSPS) is 23.8. The monoisotopic (exact) mass is 260 g/mol. The van der Waals surface area contributed by atoms with Gasteiger partial charge in [-0.05, 0) is 26.4 Å². The zero-order valence-corrected chi connectivity index (χ0v) is 11.7. The molecule has 100 valence electrons. The highest BCUT2D eigenvalue weighted by Crippen LogP contribution is 2.06. The zero-order chi connectivity index (χ0) is 12.9. The van der Waals surface area contributed by atoms with Gasteiger partial charge in [0.15, 0.2) is 9.84 Å². The minimum Gasteiger partial charge on any atom is -0.312 e. The van der Waals surface area contributed by atoms with Gasteiger partial charge in [0.25, 0.3) is 0 Å².